The van der Waals surface area contributed by atoms with E-state index in [4.69, 9.17) is 24.4 Å². The van der Waals surface area contributed by atoms with Crippen molar-refractivity contribution in [1.82, 2.24) is 19.9 Å². The molecule has 0 atom stereocenters. The zero-order chi connectivity index (χ0) is 41.9. The Morgan fingerprint density at radius 1 is 0.387 bits per heavy atom. The molecule has 12 bridgehead atoms. The number of rotatable bonds is 0. The second-order valence-electron chi connectivity index (χ2n) is 17.7. The fourth-order valence-electron chi connectivity index (χ4n) is 9.26. The highest BCUT2D eigenvalue weighted by atomic mass is 16.3. The number of benzene rings is 3. The molecule has 11 heterocycles. The molecule has 0 saturated carbocycles. The monoisotopic (exact) mass is 816 g/mol. The molecule has 0 spiro atoms. The van der Waals surface area contributed by atoms with Crippen LogP contribution in [0, 0.1) is 6.92 Å². The van der Waals surface area contributed by atoms with E-state index in [1.807, 2.05) is 6.92 Å². The predicted molar refractivity (Wildman–Crippen MR) is 256 cm³/mol. The Kier molecular flexibility index (Phi) is 13.6. The first-order chi connectivity index (χ1) is 30.6. The van der Waals surface area contributed by atoms with Crippen LogP contribution in [-0.2, 0) is 38.5 Å². The highest BCUT2D eigenvalue weighted by Gasteiger charge is 2.18. The van der Waals surface area contributed by atoms with Crippen LogP contribution >= 0.6 is 0 Å². The minimum atomic E-state index is 0.711. The molecule has 10 aliphatic rings. The van der Waals surface area contributed by atoms with E-state index < -0.39 is 0 Å². The molecule has 62 heavy (non-hydrogen) atoms. The first-order valence-electron chi connectivity index (χ1n) is 23.5. The van der Waals surface area contributed by atoms with Crippen molar-refractivity contribution in [3.8, 4) is 33.8 Å². The molecule has 4 aliphatic carbocycles. The maximum Gasteiger partial charge on any atom is 0.227 e. The number of aromatic nitrogens is 4. The van der Waals surface area contributed by atoms with Gasteiger partial charge < -0.3 is 4.42 Å². The summed E-state index contributed by atoms with van der Waals surface area (Å²) in [6, 6.07) is 40.2. The summed E-state index contributed by atoms with van der Waals surface area (Å²) < 4.78 is 6.55. The van der Waals surface area contributed by atoms with Crippen LogP contribution in [0.1, 0.15) is 116 Å². The molecule has 314 valence electrons. The lowest BCUT2D eigenvalue weighted by Gasteiger charge is -2.09. The molecule has 0 saturated heterocycles. The van der Waals surface area contributed by atoms with Gasteiger partial charge in [-0.15, -0.1) is 0 Å². The second-order valence-corrected chi connectivity index (χ2v) is 17.7. The van der Waals surface area contributed by atoms with Gasteiger partial charge in [-0.05, 0) is 154 Å². The van der Waals surface area contributed by atoms with E-state index in [0.29, 0.717) is 5.71 Å². The molecule has 5 heteroatoms. The van der Waals surface area contributed by atoms with Crippen LogP contribution in [0.5, 0.6) is 0 Å². The average molecular weight is 817 g/mol. The fraction of sp³-hybridized carbons (Fsp3) is 0.333. The first kappa shape index (κ1) is 41.4. The highest BCUT2D eigenvalue weighted by Crippen LogP contribution is 2.38. The molecule has 18 rings (SSSR count). The number of hydrogen-bond acceptors (Lipinski definition) is 5. The van der Waals surface area contributed by atoms with Gasteiger partial charge in [0.1, 0.15) is 5.58 Å². The van der Waals surface area contributed by atoms with Crippen LogP contribution in [0.25, 0.3) is 55.8 Å². The number of fused-ring (bicyclic) bond motifs is 3. The summed E-state index contributed by atoms with van der Waals surface area (Å²) in [4.78, 5) is 19.5. The molecule has 3 aromatic carbocycles. The van der Waals surface area contributed by atoms with Crippen LogP contribution in [0.3, 0.4) is 0 Å². The third-order valence-corrected chi connectivity index (χ3v) is 13.0. The largest absolute Gasteiger partial charge is 0.437 e. The molecule has 6 aliphatic heterocycles. The van der Waals surface area contributed by atoms with Crippen LogP contribution in [0.2, 0.25) is 0 Å². The van der Waals surface area contributed by atoms with Crippen molar-refractivity contribution in [3.05, 3.63) is 167 Å². The van der Waals surface area contributed by atoms with E-state index in [2.05, 4.69) is 128 Å². The van der Waals surface area contributed by atoms with E-state index in [1.54, 1.807) is 0 Å². The van der Waals surface area contributed by atoms with Gasteiger partial charge in [-0.25, -0.2) is 4.98 Å². The molecule has 0 N–H and O–H groups in total. The van der Waals surface area contributed by atoms with Gasteiger partial charge in [-0.2, -0.15) is 0 Å². The van der Waals surface area contributed by atoms with Gasteiger partial charge in [0.25, 0.3) is 0 Å². The second kappa shape index (κ2) is 20.3. The van der Waals surface area contributed by atoms with Crippen LogP contribution < -0.4 is 0 Å². The summed E-state index contributed by atoms with van der Waals surface area (Å²) in [5.41, 5.74) is 17.1. The Hall–Kier alpha value is -5.94. The van der Waals surface area contributed by atoms with Crippen molar-refractivity contribution < 1.29 is 4.42 Å². The van der Waals surface area contributed by atoms with Gasteiger partial charge in [-0.1, -0.05) is 111 Å². The molecule has 0 unspecified atom stereocenters. The summed E-state index contributed by atoms with van der Waals surface area (Å²) in [5.74, 6) is 0. The number of aryl methyl sites for hydroxylation is 7. The topological polar surface area (TPSA) is 64.7 Å². The van der Waals surface area contributed by atoms with Crippen molar-refractivity contribution in [2.24, 2.45) is 0 Å². The van der Waals surface area contributed by atoms with Crippen molar-refractivity contribution in [3.63, 3.8) is 0 Å². The highest BCUT2D eigenvalue weighted by molar-refractivity contribution is 6.10. The molecular formula is C57H60N4O. The minimum Gasteiger partial charge on any atom is -0.437 e. The lowest BCUT2D eigenvalue weighted by molar-refractivity contribution is 0.639. The quantitative estimate of drug-likeness (QED) is 0.153. The van der Waals surface area contributed by atoms with Gasteiger partial charge in [-0.3, -0.25) is 15.0 Å². The Balaban J connectivity index is 0.868. The zero-order valence-electron chi connectivity index (χ0n) is 36.5. The Morgan fingerprint density at radius 3 is 1.29 bits per heavy atom. The van der Waals surface area contributed by atoms with Crippen molar-refractivity contribution >= 4 is 22.1 Å². The van der Waals surface area contributed by atoms with Crippen LogP contribution in [0.15, 0.2) is 132 Å². The van der Waals surface area contributed by atoms with Gasteiger partial charge in [0.2, 0.25) is 5.71 Å². The third kappa shape index (κ3) is 10.4. The maximum atomic E-state index is 6.55. The maximum absolute atomic E-state index is 6.55. The zero-order valence-corrected chi connectivity index (χ0v) is 36.5. The van der Waals surface area contributed by atoms with E-state index in [9.17, 15) is 0 Å². The predicted octanol–water partition coefficient (Wildman–Crippen LogP) is 14.8. The van der Waals surface area contributed by atoms with Crippen molar-refractivity contribution in [2.75, 3.05) is 0 Å². The number of pyridine rings is 4. The summed E-state index contributed by atoms with van der Waals surface area (Å²) in [7, 11) is 0. The average Bonchev–Trinajstić information content (AvgIpc) is 3.69. The normalized spacial score (nSPS) is 15.3. The number of nitrogens with zero attached hydrogens (tertiary/aromatic N) is 4. The van der Waals surface area contributed by atoms with E-state index in [-0.39, 0.29) is 0 Å². The molecule has 0 amide bonds. The standard InChI is InChI=1S/C57H60N4O/c1-41-20-33-51-55-49-19-13-7-6-12-17-45-26-36-53(59-39-45)48-30-21-42(22-31-48)14-8-2-4-10-16-44-25-35-52(58-38-44)47-28-23-43(24-29-47)15-9-3-5-11-18-46-27-37-54(60-40-46)50(34-32-49)56(55)62-57(51)61-41/h20-40H,2-19H2,1H3. The van der Waals surface area contributed by atoms with E-state index >= 15 is 0 Å². The summed E-state index contributed by atoms with van der Waals surface area (Å²) in [6.45, 7) is 2.03. The van der Waals surface area contributed by atoms with Gasteiger partial charge in [0, 0.05) is 51.7 Å². The Bertz CT molecular complexity index is 2660. The molecule has 5 nitrogen and oxygen atoms in total. The van der Waals surface area contributed by atoms with E-state index in [0.717, 1.165) is 84.3 Å². The number of furan rings is 1. The molecule has 5 aromatic heterocycles. The number of hydrogen-bond donors (Lipinski definition) is 0. The summed E-state index contributed by atoms with van der Waals surface area (Å²) >= 11 is 0. The van der Waals surface area contributed by atoms with E-state index in [1.165, 1.54) is 121 Å². The van der Waals surface area contributed by atoms with Crippen LogP contribution in [0.4, 0.5) is 0 Å². The molecule has 8 aromatic rings. The molecule has 0 fully saturated rings. The SMILES string of the molecule is Cc1ccc2c(n1)oc1c3ccc(c12)CCCCCCc1ccc(nc1)-c1ccc(cc1)CCCCCCc1ccc(nc1)-c1ccc(cc1)CCCCCCc1ccc-3nc1. The smallest absolute Gasteiger partial charge is 0.227 e. The summed E-state index contributed by atoms with van der Waals surface area (Å²) in [6.07, 6.45) is 27.2. The molecule has 0 radical (unpaired) electrons. The van der Waals surface area contributed by atoms with Gasteiger partial charge in [0.05, 0.1) is 17.1 Å². The minimum absolute atomic E-state index is 0.711. The lowest BCUT2D eigenvalue weighted by atomic mass is 9.96. The lowest BCUT2D eigenvalue weighted by Crippen LogP contribution is -1.93. The van der Waals surface area contributed by atoms with Crippen molar-refractivity contribution in [2.45, 2.75) is 122 Å². The van der Waals surface area contributed by atoms with Crippen molar-refractivity contribution in [1.29, 1.82) is 0 Å². The Morgan fingerprint density at radius 2 is 0.823 bits per heavy atom. The molecular weight excluding hydrogens is 757 g/mol. The third-order valence-electron chi connectivity index (χ3n) is 13.0. The van der Waals surface area contributed by atoms with Gasteiger partial charge in [0.15, 0.2) is 0 Å². The fourth-order valence-corrected chi connectivity index (χ4v) is 9.26. The van der Waals surface area contributed by atoms with Crippen LogP contribution in [-0.4, -0.2) is 19.9 Å². The Labute approximate surface area is 368 Å². The first-order valence-corrected chi connectivity index (χ1v) is 23.5. The summed E-state index contributed by atoms with van der Waals surface area (Å²) in [5, 5.41) is 2.28. The van der Waals surface area contributed by atoms with Gasteiger partial charge >= 0.3 is 0 Å².